The van der Waals surface area contributed by atoms with Crippen LogP contribution in [-0.4, -0.2) is 19.8 Å². The summed E-state index contributed by atoms with van der Waals surface area (Å²) >= 11 is 0. The number of nitrogens with zero attached hydrogens (tertiary/aromatic N) is 3. The van der Waals surface area contributed by atoms with Crippen LogP contribution in [0.3, 0.4) is 0 Å². The lowest BCUT2D eigenvalue weighted by molar-refractivity contribution is 0.0587. The van der Waals surface area contributed by atoms with Crippen molar-refractivity contribution in [1.29, 1.82) is 5.26 Å². The number of aliphatic hydroxyl groups is 1. The van der Waals surface area contributed by atoms with E-state index in [0.29, 0.717) is 16.7 Å². The van der Waals surface area contributed by atoms with Crippen molar-refractivity contribution in [3.05, 3.63) is 83.9 Å². The molecule has 3 rings (SSSR count). The van der Waals surface area contributed by atoms with Crippen LogP contribution in [0, 0.1) is 11.3 Å². The predicted octanol–water partition coefficient (Wildman–Crippen LogP) is 2.40. The average molecular weight is 305 g/mol. The van der Waals surface area contributed by atoms with E-state index >= 15 is 0 Å². The molecule has 0 saturated carbocycles. The van der Waals surface area contributed by atoms with Crippen LogP contribution in [0.5, 0.6) is 5.75 Å². The predicted molar refractivity (Wildman–Crippen MR) is 84.5 cm³/mol. The van der Waals surface area contributed by atoms with Crippen molar-refractivity contribution < 1.29 is 10.2 Å². The summed E-state index contributed by atoms with van der Waals surface area (Å²) in [5.41, 5.74) is 0.0566. The van der Waals surface area contributed by atoms with Gasteiger partial charge in [-0.25, -0.2) is 4.98 Å². The molecule has 1 atom stereocenters. The minimum atomic E-state index is -1.44. The maximum atomic E-state index is 11.4. The fourth-order valence-electron chi connectivity index (χ4n) is 2.62. The topological polar surface area (TPSA) is 82.1 Å². The van der Waals surface area contributed by atoms with Gasteiger partial charge in [0.05, 0.1) is 24.5 Å². The first-order chi connectivity index (χ1) is 11.1. The molecule has 0 amide bonds. The quantitative estimate of drug-likeness (QED) is 0.775. The van der Waals surface area contributed by atoms with Crippen LogP contribution >= 0.6 is 0 Å². The van der Waals surface area contributed by atoms with E-state index in [2.05, 4.69) is 11.1 Å². The van der Waals surface area contributed by atoms with Gasteiger partial charge in [-0.05, 0) is 23.8 Å². The number of benzene rings is 2. The second kappa shape index (κ2) is 5.95. The van der Waals surface area contributed by atoms with Crippen molar-refractivity contribution >= 4 is 0 Å². The van der Waals surface area contributed by atoms with Crippen LogP contribution in [0.2, 0.25) is 0 Å². The van der Waals surface area contributed by atoms with Gasteiger partial charge in [-0.15, -0.1) is 0 Å². The Kier molecular flexibility index (Phi) is 3.83. The highest BCUT2D eigenvalue weighted by molar-refractivity contribution is 5.45. The second-order valence-electron chi connectivity index (χ2n) is 5.30. The number of aromatic hydroxyl groups is 1. The molecule has 5 nitrogen and oxygen atoms in total. The van der Waals surface area contributed by atoms with Gasteiger partial charge < -0.3 is 14.8 Å². The van der Waals surface area contributed by atoms with Crippen molar-refractivity contribution in [3.8, 4) is 11.8 Å². The Bertz CT molecular complexity index is 835. The monoisotopic (exact) mass is 305 g/mol. The molecular formula is C18H15N3O2. The normalized spacial score (nSPS) is 13.2. The summed E-state index contributed by atoms with van der Waals surface area (Å²) in [5, 5.41) is 30.5. The van der Waals surface area contributed by atoms with Crippen molar-refractivity contribution in [3.63, 3.8) is 0 Å². The van der Waals surface area contributed by atoms with Crippen molar-refractivity contribution in [2.24, 2.45) is 0 Å². The maximum Gasteiger partial charge on any atom is 0.136 e. The number of rotatable bonds is 4. The SMILES string of the molecule is N#Cc1ccc(C(O)(Cn2ccnc2)c2ccccc2O)cc1. The number of nitriles is 1. The van der Waals surface area contributed by atoms with Gasteiger partial charge in [0, 0.05) is 18.0 Å². The van der Waals surface area contributed by atoms with Gasteiger partial charge in [0.25, 0.3) is 0 Å². The Balaban J connectivity index is 2.12. The number of hydrogen-bond donors (Lipinski definition) is 2. The number of para-hydroxylation sites is 1. The lowest BCUT2D eigenvalue weighted by Gasteiger charge is -2.30. The third kappa shape index (κ3) is 2.80. The van der Waals surface area contributed by atoms with Crippen molar-refractivity contribution in [2.75, 3.05) is 0 Å². The fraction of sp³-hybridized carbons (Fsp3) is 0.111. The van der Waals surface area contributed by atoms with Crippen LogP contribution < -0.4 is 0 Å². The third-order valence-corrected chi connectivity index (χ3v) is 3.81. The molecule has 0 saturated heterocycles. The third-order valence-electron chi connectivity index (χ3n) is 3.81. The highest BCUT2D eigenvalue weighted by Crippen LogP contribution is 2.36. The molecule has 0 spiro atoms. The highest BCUT2D eigenvalue weighted by Gasteiger charge is 2.34. The summed E-state index contributed by atoms with van der Waals surface area (Å²) in [6, 6.07) is 15.4. The molecule has 23 heavy (non-hydrogen) atoms. The summed E-state index contributed by atoms with van der Waals surface area (Å²) in [4.78, 5) is 3.99. The second-order valence-corrected chi connectivity index (χ2v) is 5.30. The van der Waals surface area contributed by atoms with E-state index in [-0.39, 0.29) is 12.3 Å². The molecule has 114 valence electrons. The maximum absolute atomic E-state index is 11.4. The van der Waals surface area contributed by atoms with Gasteiger partial charge in [0.1, 0.15) is 11.4 Å². The number of aromatic nitrogens is 2. The average Bonchev–Trinajstić information content (AvgIpc) is 3.08. The number of imidazole rings is 1. The van der Waals surface area contributed by atoms with Crippen LogP contribution in [0.25, 0.3) is 0 Å². The number of phenolic OH excluding ortho intramolecular Hbond substituents is 1. The zero-order valence-corrected chi connectivity index (χ0v) is 12.3. The van der Waals surface area contributed by atoms with Crippen LogP contribution in [0.4, 0.5) is 0 Å². The Hall–Kier alpha value is -3.10. The molecule has 2 aromatic carbocycles. The Morgan fingerprint density at radius 3 is 2.48 bits per heavy atom. The molecule has 3 aromatic rings. The molecule has 0 aliphatic rings. The van der Waals surface area contributed by atoms with Gasteiger partial charge in [0.15, 0.2) is 0 Å². The first-order valence-corrected chi connectivity index (χ1v) is 7.11. The van der Waals surface area contributed by atoms with E-state index in [1.807, 2.05) is 0 Å². The van der Waals surface area contributed by atoms with E-state index in [1.54, 1.807) is 65.8 Å². The van der Waals surface area contributed by atoms with Crippen LogP contribution in [-0.2, 0) is 12.1 Å². The molecule has 1 heterocycles. The Morgan fingerprint density at radius 2 is 1.87 bits per heavy atom. The summed E-state index contributed by atoms with van der Waals surface area (Å²) in [6.45, 7) is 0.191. The number of phenols is 1. The molecule has 0 bridgehead atoms. The Morgan fingerprint density at radius 1 is 1.13 bits per heavy atom. The molecular weight excluding hydrogens is 290 g/mol. The standard InChI is InChI=1S/C18H15N3O2/c19-11-14-5-7-15(8-6-14)18(23,12-21-10-9-20-13-21)16-3-1-2-4-17(16)22/h1-10,13,22-23H,12H2. The van der Waals surface area contributed by atoms with Gasteiger partial charge in [-0.2, -0.15) is 5.26 Å². The van der Waals surface area contributed by atoms with Crippen molar-refractivity contribution in [1.82, 2.24) is 9.55 Å². The molecule has 0 aliphatic heterocycles. The minimum Gasteiger partial charge on any atom is -0.508 e. The van der Waals surface area contributed by atoms with Gasteiger partial charge in [-0.1, -0.05) is 30.3 Å². The van der Waals surface area contributed by atoms with E-state index in [9.17, 15) is 10.2 Å². The fourth-order valence-corrected chi connectivity index (χ4v) is 2.62. The van der Waals surface area contributed by atoms with E-state index in [1.165, 1.54) is 6.07 Å². The summed E-state index contributed by atoms with van der Waals surface area (Å²) in [6.07, 6.45) is 4.98. The molecule has 1 unspecified atom stereocenters. The molecule has 1 aromatic heterocycles. The summed E-state index contributed by atoms with van der Waals surface area (Å²) in [7, 11) is 0. The van der Waals surface area contributed by atoms with Gasteiger partial charge >= 0.3 is 0 Å². The Labute approximate surface area is 133 Å². The lowest BCUT2D eigenvalue weighted by atomic mass is 9.85. The molecule has 2 N–H and O–H groups in total. The first kappa shape index (κ1) is 14.8. The number of hydrogen-bond acceptors (Lipinski definition) is 4. The smallest absolute Gasteiger partial charge is 0.136 e. The van der Waals surface area contributed by atoms with Gasteiger partial charge in [0.2, 0.25) is 0 Å². The molecule has 0 aliphatic carbocycles. The molecule has 0 radical (unpaired) electrons. The minimum absolute atomic E-state index is 0.0134. The highest BCUT2D eigenvalue weighted by atomic mass is 16.3. The van der Waals surface area contributed by atoms with E-state index in [0.717, 1.165) is 0 Å². The first-order valence-electron chi connectivity index (χ1n) is 7.11. The van der Waals surface area contributed by atoms with Gasteiger partial charge in [-0.3, -0.25) is 0 Å². The zero-order valence-electron chi connectivity index (χ0n) is 12.3. The van der Waals surface area contributed by atoms with E-state index in [4.69, 9.17) is 5.26 Å². The zero-order chi connectivity index (χ0) is 16.3. The van der Waals surface area contributed by atoms with Crippen LogP contribution in [0.1, 0.15) is 16.7 Å². The lowest BCUT2D eigenvalue weighted by Crippen LogP contribution is -2.32. The van der Waals surface area contributed by atoms with E-state index < -0.39 is 5.60 Å². The van der Waals surface area contributed by atoms with Crippen LogP contribution in [0.15, 0.2) is 67.3 Å². The summed E-state index contributed by atoms with van der Waals surface area (Å²) in [5.74, 6) is 0.0134. The van der Waals surface area contributed by atoms with Crippen molar-refractivity contribution in [2.45, 2.75) is 12.1 Å². The summed E-state index contributed by atoms with van der Waals surface area (Å²) < 4.78 is 1.74. The molecule has 5 heteroatoms. The largest absolute Gasteiger partial charge is 0.508 e. The molecule has 0 fully saturated rings.